The Balaban J connectivity index is 2.22. The van der Waals surface area contributed by atoms with Gasteiger partial charge in [-0.3, -0.25) is 4.79 Å². The van der Waals surface area contributed by atoms with E-state index in [-0.39, 0.29) is 30.2 Å². The van der Waals surface area contributed by atoms with Crippen molar-refractivity contribution in [1.82, 2.24) is 25.3 Å². The van der Waals surface area contributed by atoms with Crippen LogP contribution in [0.2, 0.25) is 0 Å². The molecule has 2 aromatic rings. The molecule has 1 aliphatic rings. The van der Waals surface area contributed by atoms with Crippen molar-refractivity contribution in [2.75, 3.05) is 31.1 Å². The Kier molecular flexibility index (Phi) is 6.77. The Morgan fingerprint density at radius 2 is 2.06 bits per heavy atom. The molecule has 1 aromatic carbocycles. The van der Waals surface area contributed by atoms with Gasteiger partial charge in [0, 0.05) is 31.9 Å². The monoisotopic (exact) mass is 489 g/mol. The fourth-order valence-corrected chi connectivity index (χ4v) is 6.04. The highest BCUT2D eigenvalue weighted by molar-refractivity contribution is 7.92. The molecule has 1 amide bonds. The quantitative estimate of drug-likeness (QED) is 0.201. The number of sulfonamides is 2. The molecule has 2 unspecified atom stereocenters. The highest BCUT2D eigenvalue weighted by Crippen LogP contribution is 2.39. The van der Waals surface area contributed by atoms with Crippen LogP contribution in [0.5, 0.6) is 0 Å². The number of tetrazole rings is 1. The molecule has 1 aliphatic heterocycles. The fraction of sp³-hybridized carbons (Fsp3) is 0.467. The summed E-state index contributed by atoms with van der Waals surface area (Å²) in [4.78, 5) is 11.8. The number of H-pyrrole nitrogens is 1. The van der Waals surface area contributed by atoms with E-state index in [2.05, 4.69) is 25.3 Å². The summed E-state index contributed by atoms with van der Waals surface area (Å²) in [7, 11) is -9.11. The average molecular weight is 490 g/mol. The lowest BCUT2D eigenvalue weighted by Gasteiger charge is -2.24. The van der Waals surface area contributed by atoms with Gasteiger partial charge in [0.25, 0.3) is 0 Å². The maximum atomic E-state index is 12.9. The number of primary sulfonamides is 1. The third-order valence-corrected chi connectivity index (χ3v) is 7.54. The highest BCUT2D eigenvalue weighted by atomic mass is 32.2. The lowest BCUT2D eigenvalue weighted by molar-refractivity contribution is -0.121. The average Bonchev–Trinajstić information content (AvgIpc) is 3.42. The van der Waals surface area contributed by atoms with Gasteiger partial charge in [-0.15, -0.1) is 10.2 Å². The molecule has 2 atom stereocenters. The Morgan fingerprint density at radius 3 is 2.59 bits per heavy atom. The summed E-state index contributed by atoms with van der Waals surface area (Å²) in [5.41, 5.74) is 10.7. The number of aromatic nitrogens is 4. The van der Waals surface area contributed by atoms with Gasteiger partial charge in [-0.25, -0.2) is 26.7 Å². The van der Waals surface area contributed by atoms with Crippen molar-refractivity contribution >= 4 is 31.6 Å². The molecule has 0 aliphatic carbocycles. The van der Waals surface area contributed by atoms with Crippen molar-refractivity contribution in [2.45, 2.75) is 22.3 Å². The molecule has 1 saturated heterocycles. The maximum absolute atomic E-state index is 12.9. The van der Waals surface area contributed by atoms with Crippen molar-refractivity contribution in [1.29, 1.82) is 0 Å². The molecule has 15 nitrogen and oxygen atoms in total. The second-order valence-corrected chi connectivity index (χ2v) is 10.4. The molecule has 0 radical (unpaired) electrons. The summed E-state index contributed by atoms with van der Waals surface area (Å²) in [5.74, 6) is -1.21. The van der Waals surface area contributed by atoms with Crippen molar-refractivity contribution in [3.8, 4) is 11.4 Å². The molecule has 0 saturated carbocycles. The topological polar surface area (TPSA) is 253 Å². The molecule has 1 aromatic heterocycles. The van der Waals surface area contributed by atoms with Crippen molar-refractivity contribution in [3.63, 3.8) is 0 Å². The summed E-state index contributed by atoms with van der Waals surface area (Å²) in [6, 6.07) is 2.42. The summed E-state index contributed by atoms with van der Waals surface area (Å²) < 4.78 is 53.1. The number of nitrogens with two attached hydrogens (primary N) is 3. The van der Waals surface area contributed by atoms with Crippen molar-refractivity contribution in [3.05, 3.63) is 12.1 Å². The largest absolute Gasteiger partial charge is 0.390 e. The van der Waals surface area contributed by atoms with Gasteiger partial charge in [0.1, 0.15) is 9.79 Å². The molecule has 32 heavy (non-hydrogen) atoms. The first-order chi connectivity index (χ1) is 15.0. The number of carbonyl (C=O) groups excluding carboxylic acids is 1. The number of primary amides is 1. The third kappa shape index (κ3) is 4.87. The van der Waals surface area contributed by atoms with Crippen LogP contribution in [0.15, 0.2) is 21.9 Å². The molecule has 3 rings (SSSR count). The van der Waals surface area contributed by atoms with E-state index in [1.54, 1.807) is 4.90 Å². The smallest absolute Gasteiger partial charge is 0.242 e. The van der Waals surface area contributed by atoms with Crippen LogP contribution in [0.1, 0.15) is 6.42 Å². The van der Waals surface area contributed by atoms with Gasteiger partial charge < -0.3 is 21.5 Å². The van der Waals surface area contributed by atoms with Crippen LogP contribution < -0.4 is 26.2 Å². The number of carbonyl (C=O) groups is 1. The first kappa shape index (κ1) is 24.0. The second-order valence-electron chi connectivity index (χ2n) is 7.14. The Morgan fingerprint density at radius 1 is 1.34 bits per heavy atom. The minimum absolute atomic E-state index is 0.178. The maximum Gasteiger partial charge on any atom is 0.242 e. The van der Waals surface area contributed by atoms with E-state index < -0.39 is 54.3 Å². The zero-order chi connectivity index (χ0) is 23.7. The number of hydrogen-bond donors (Lipinski definition) is 6. The predicted octanol–water partition coefficient (Wildman–Crippen LogP) is -3.58. The fourth-order valence-electron chi connectivity index (χ4n) is 3.37. The Hall–Kier alpha value is -2.70. The van der Waals surface area contributed by atoms with E-state index in [0.717, 1.165) is 6.07 Å². The predicted molar refractivity (Wildman–Crippen MR) is 111 cm³/mol. The first-order valence-electron chi connectivity index (χ1n) is 9.31. The van der Waals surface area contributed by atoms with E-state index in [1.807, 2.05) is 0 Å². The van der Waals surface area contributed by atoms with E-state index in [1.165, 1.54) is 6.07 Å². The standard InChI is InChI=1S/C15H23N9O6S2/c16-5-9(25)6-19-32(29,30)11-2-1-10(24-4-3-8(7-24)14(17)26)12(13(11)31(18,27)28)15-20-22-23-21-15/h1-2,8-9,19,25H,3-7,16H2,(H2,17,26)(H2,18,27,28)(H,20,21,22,23). The van der Waals surface area contributed by atoms with Crippen LogP contribution in [0.4, 0.5) is 5.69 Å². The Labute approximate surface area is 183 Å². The van der Waals surface area contributed by atoms with Crippen molar-refractivity contribution in [2.24, 2.45) is 22.5 Å². The third-order valence-electron chi connectivity index (χ3n) is 4.95. The SMILES string of the molecule is NCC(O)CNS(=O)(=O)c1ccc(N2CCC(C(N)=O)C2)c(-c2nn[nH]n2)c1S(N)(=O)=O. The van der Waals surface area contributed by atoms with Gasteiger partial charge in [-0.05, 0) is 23.8 Å². The van der Waals surface area contributed by atoms with Gasteiger partial charge in [0.2, 0.25) is 31.8 Å². The normalized spacial score (nSPS) is 18.1. The van der Waals surface area contributed by atoms with Crippen LogP contribution >= 0.6 is 0 Å². The van der Waals surface area contributed by atoms with Gasteiger partial charge in [0.05, 0.1) is 17.6 Å². The molecule has 1 fully saturated rings. The minimum atomic E-state index is -4.65. The van der Waals surface area contributed by atoms with E-state index in [9.17, 15) is 26.7 Å². The summed E-state index contributed by atoms with van der Waals surface area (Å²) in [6.45, 7) is -0.144. The van der Waals surface area contributed by atoms with Gasteiger partial charge in [-0.1, -0.05) is 0 Å². The van der Waals surface area contributed by atoms with Crippen LogP contribution in [0, 0.1) is 5.92 Å². The Bertz CT molecular complexity index is 1200. The number of benzene rings is 1. The molecule has 176 valence electrons. The van der Waals surface area contributed by atoms with E-state index in [4.69, 9.17) is 16.6 Å². The van der Waals surface area contributed by atoms with E-state index in [0.29, 0.717) is 13.0 Å². The van der Waals surface area contributed by atoms with Crippen LogP contribution in [-0.2, 0) is 24.8 Å². The number of nitrogens with one attached hydrogen (secondary N) is 2. The van der Waals surface area contributed by atoms with Gasteiger partial charge in [-0.2, -0.15) is 5.21 Å². The molecule has 9 N–H and O–H groups in total. The second kappa shape index (κ2) is 9.04. The number of rotatable bonds is 9. The number of aliphatic hydroxyl groups is 1. The zero-order valence-corrected chi connectivity index (χ0v) is 18.3. The first-order valence-corrected chi connectivity index (χ1v) is 12.3. The lowest BCUT2D eigenvalue weighted by atomic mass is 10.1. The molecular weight excluding hydrogens is 466 g/mol. The van der Waals surface area contributed by atoms with Gasteiger partial charge >= 0.3 is 0 Å². The number of anilines is 1. The molecule has 0 bridgehead atoms. The summed E-state index contributed by atoms with van der Waals surface area (Å²) >= 11 is 0. The number of amides is 1. The minimum Gasteiger partial charge on any atom is -0.390 e. The van der Waals surface area contributed by atoms with Crippen LogP contribution in [0.3, 0.4) is 0 Å². The van der Waals surface area contributed by atoms with Gasteiger partial charge in [0.15, 0.2) is 0 Å². The number of hydrogen-bond acceptors (Lipinski definition) is 11. The summed E-state index contributed by atoms with van der Waals surface area (Å²) in [6.07, 6.45) is -0.765. The number of aromatic amines is 1. The lowest BCUT2D eigenvalue weighted by Crippen LogP contribution is -2.37. The number of nitrogens with zero attached hydrogens (tertiary/aromatic N) is 4. The van der Waals surface area contributed by atoms with Crippen molar-refractivity contribution < 1.29 is 26.7 Å². The number of aliphatic hydroxyl groups excluding tert-OH is 1. The summed E-state index contributed by atoms with van der Waals surface area (Å²) in [5, 5.41) is 28.2. The van der Waals surface area contributed by atoms with Crippen LogP contribution in [-0.4, -0.2) is 80.8 Å². The zero-order valence-electron chi connectivity index (χ0n) is 16.7. The van der Waals surface area contributed by atoms with Crippen LogP contribution in [0.25, 0.3) is 11.4 Å². The molecule has 17 heteroatoms. The molecule has 2 heterocycles. The molecule has 0 spiro atoms. The molecular formula is C15H23N9O6S2. The highest BCUT2D eigenvalue weighted by Gasteiger charge is 2.35. The van der Waals surface area contributed by atoms with E-state index >= 15 is 0 Å².